The zero-order chi connectivity index (χ0) is 19.1. The van der Waals surface area contributed by atoms with Gasteiger partial charge in [0.1, 0.15) is 12.1 Å². The monoisotopic (exact) mass is 370 g/mol. The van der Waals surface area contributed by atoms with Crippen molar-refractivity contribution in [2.24, 2.45) is 0 Å². The molecular formula is C21H23FN2O3. The van der Waals surface area contributed by atoms with E-state index in [1.807, 2.05) is 24.3 Å². The van der Waals surface area contributed by atoms with Crippen LogP contribution >= 0.6 is 0 Å². The van der Waals surface area contributed by atoms with E-state index < -0.39 is 11.7 Å². The lowest BCUT2D eigenvalue weighted by Gasteiger charge is -2.17. The molecule has 5 nitrogen and oxygen atoms in total. The number of halogens is 1. The molecule has 2 aromatic rings. The largest absolute Gasteiger partial charge is 0.431 e. The van der Waals surface area contributed by atoms with Gasteiger partial charge < -0.3 is 19.4 Å². The van der Waals surface area contributed by atoms with Gasteiger partial charge in [0.15, 0.2) is 5.76 Å². The molecule has 0 unspecified atom stereocenters. The summed E-state index contributed by atoms with van der Waals surface area (Å²) in [6, 6.07) is 10.7. The summed E-state index contributed by atoms with van der Waals surface area (Å²) in [4.78, 5) is 14.6. The van der Waals surface area contributed by atoms with Crippen LogP contribution in [0.25, 0.3) is 0 Å². The fourth-order valence-electron chi connectivity index (χ4n) is 2.85. The minimum atomic E-state index is -0.421. The Labute approximate surface area is 158 Å². The standard InChI is InChI=1S/C21H23FN2O3/c1-2-3-6-16(22)15-26-20-12-11-19(27-20)21(25)23-17-7-9-18(10-8-17)24-13-4-5-14-24/h2,7-12,15H,1,3-6,13-14H2,(H,23,25)/b16-15-. The number of furan rings is 1. The van der Waals surface area contributed by atoms with Crippen molar-refractivity contribution in [2.75, 3.05) is 23.3 Å². The topological polar surface area (TPSA) is 54.7 Å². The summed E-state index contributed by atoms with van der Waals surface area (Å²) in [6.07, 6.45) is 5.77. The second-order valence-electron chi connectivity index (χ2n) is 6.32. The number of nitrogens with zero attached hydrogens (tertiary/aromatic N) is 1. The summed E-state index contributed by atoms with van der Waals surface area (Å²) in [5, 5.41) is 2.77. The van der Waals surface area contributed by atoms with E-state index in [0.717, 1.165) is 25.0 Å². The van der Waals surface area contributed by atoms with Crippen LogP contribution < -0.4 is 15.0 Å². The number of amides is 1. The minimum absolute atomic E-state index is 0.0540. The van der Waals surface area contributed by atoms with E-state index in [1.165, 1.54) is 25.0 Å². The van der Waals surface area contributed by atoms with Crippen molar-refractivity contribution in [2.45, 2.75) is 25.7 Å². The van der Waals surface area contributed by atoms with Gasteiger partial charge in [-0.05, 0) is 49.6 Å². The van der Waals surface area contributed by atoms with Crippen molar-refractivity contribution >= 4 is 17.3 Å². The summed E-state index contributed by atoms with van der Waals surface area (Å²) in [6.45, 7) is 5.68. The number of carbonyl (C=O) groups is 1. The first-order valence-electron chi connectivity index (χ1n) is 9.04. The van der Waals surface area contributed by atoms with Crippen LogP contribution in [-0.2, 0) is 0 Å². The Hall–Kier alpha value is -3.02. The number of hydrogen-bond acceptors (Lipinski definition) is 4. The third-order valence-corrected chi connectivity index (χ3v) is 4.29. The molecule has 1 amide bonds. The second-order valence-corrected chi connectivity index (χ2v) is 6.32. The first-order chi connectivity index (χ1) is 13.2. The summed E-state index contributed by atoms with van der Waals surface area (Å²) < 4.78 is 23.8. The van der Waals surface area contributed by atoms with Crippen molar-refractivity contribution in [3.63, 3.8) is 0 Å². The van der Waals surface area contributed by atoms with E-state index in [0.29, 0.717) is 12.1 Å². The summed E-state index contributed by atoms with van der Waals surface area (Å²) >= 11 is 0. The normalized spacial score (nSPS) is 14.3. The molecule has 1 N–H and O–H groups in total. The third kappa shape index (κ3) is 5.23. The van der Waals surface area contributed by atoms with Crippen molar-refractivity contribution in [1.82, 2.24) is 0 Å². The van der Waals surface area contributed by atoms with Crippen LogP contribution in [0.3, 0.4) is 0 Å². The predicted octanol–water partition coefficient (Wildman–Crippen LogP) is 5.29. The van der Waals surface area contributed by atoms with Crippen molar-refractivity contribution in [3.8, 4) is 5.95 Å². The van der Waals surface area contributed by atoms with E-state index >= 15 is 0 Å². The lowest BCUT2D eigenvalue weighted by atomic mass is 10.2. The van der Waals surface area contributed by atoms with Gasteiger partial charge in [-0.25, -0.2) is 4.39 Å². The Kier molecular flexibility index (Phi) is 6.30. The van der Waals surface area contributed by atoms with Crippen LogP contribution in [0.15, 0.2) is 65.6 Å². The Bertz CT molecular complexity index is 805. The van der Waals surface area contributed by atoms with E-state index in [9.17, 15) is 9.18 Å². The maximum absolute atomic E-state index is 13.4. The van der Waals surface area contributed by atoms with Crippen LogP contribution in [0.1, 0.15) is 36.2 Å². The summed E-state index contributed by atoms with van der Waals surface area (Å²) in [7, 11) is 0. The third-order valence-electron chi connectivity index (χ3n) is 4.29. The molecule has 0 atom stereocenters. The van der Waals surface area contributed by atoms with Gasteiger partial charge >= 0.3 is 0 Å². The molecule has 27 heavy (non-hydrogen) atoms. The highest BCUT2D eigenvalue weighted by Gasteiger charge is 2.14. The molecule has 1 aromatic heterocycles. The molecule has 1 saturated heterocycles. The number of benzene rings is 1. The van der Waals surface area contributed by atoms with Gasteiger partial charge in [-0.15, -0.1) is 6.58 Å². The van der Waals surface area contributed by atoms with Crippen LogP contribution in [0.2, 0.25) is 0 Å². The van der Waals surface area contributed by atoms with E-state index in [1.54, 1.807) is 6.08 Å². The van der Waals surface area contributed by atoms with Crippen LogP contribution in [0, 0.1) is 0 Å². The molecule has 142 valence electrons. The number of nitrogens with one attached hydrogen (secondary N) is 1. The lowest BCUT2D eigenvalue weighted by molar-refractivity contribution is 0.0991. The number of rotatable bonds is 8. The average molecular weight is 370 g/mol. The average Bonchev–Trinajstić information content (AvgIpc) is 3.37. The molecule has 1 aromatic carbocycles. The van der Waals surface area contributed by atoms with E-state index in [2.05, 4.69) is 16.8 Å². The molecule has 0 bridgehead atoms. The van der Waals surface area contributed by atoms with E-state index in [-0.39, 0.29) is 18.1 Å². The highest BCUT2D eigenvalue weighted by Crippen LogP contribution is 2.23. The Morgan fingerprint density at radius 3 is 2.67 bits per heavy atom. The molecule has 1 aliphatic heterocycles. The molecule has 1 aliphatic rings. The minimum Gasteiger partial charge on any atom is -0.431 e. The first kappa shape index (κ1) is 18.8. The Morgan fingerprint density at radius 1 is 1.22 bits per heavy atom. The zero-order valence-electron chi connectivity index (χ0n) is 15.1. The van der Waals surface area contributed by atoms with Gasteiger partial charge in [0.25, 0.3) is 11.9 Å². The van der Waals surface area contributed by atoms with E-state index in [4.69, 9.17) is 9.15 Å². The molecule has 0 aliphatic carbocycles. The molecule has 0 spiro atoms. The van der Waals surface area contributed by atoms with Gasteiger partial charge in [-0.3, -0.25) is 4.79 Å². The highest BCUT2D eigenvalue weighted by molar-refractivity contribution is 6.02. The highest BCUT2D eigenvalue weighted by atomic mass is 19.1. The fraction of sp³-hybridized carbons (Fsp3) is 0.286. The zero-order valence-corrected chi connectivity index (χ0v) is 15.1. The van der Waals surface area contributed by atoms with Gasteiger partial charge in [-0.1, -0.05) is 6.08 Å². The van der Waals surface area contributed by atoms with Crippen LogP contribution in [0.5, 0.6) is 5.95 Å². The number of hydrogen-bond donors (Lipinski definition) is 1. The maximum Gasteiger partial charge on any atom is 0.291 e. The van der Waals surface area contributed by atoms with Gasteiger partial charge in [0.05, 0.1) is 0 Å². The molecule has 6 heteroatoms. The molecule has 0 saturated carbocycles. The smallest absolute Gasteiger partial charge is 0.291 e. The van der Waals surface area contributed by atoms with Crippen LogP contribution in [0.4, 0.5) is 15.8 Å². The van der Waals surface area contributed by atoms with Crippen LogP contribution in [-0.4, -0.2) is 19.0 Å². The lowest BCUT2D eigenvalue weighted by Crippen LogP contribution is -2.17. The Morgan fingerprint density at radius 2 is 1.96 bits per heavy atom. The summed E-state index contributed by atoms with van der Waals surface area (Å²) in [5.74, 6) is -0.669. The van der Waals surface area contributed by atoms with Crippen molar-refractivity contribution in [1.29, 1.82) is 0 Å². The van der Waals surface area contributed by atoms with Crippen molar-refractivity contribution < 1.29 is 18.3 Å². The Balaban J connectivity index is 1.55. The molecule has 0 radical (unpaired) electrons. The quantitative estimate of drug-likeness (QED) is 0.507. The molecular weight excluding hydrogens is 347 g/mol. The SMILES string of the molecule is C=CCC/C(F)=C/Oc1ccc(C(=O)Nc2ccc(N3CCCC3)cc2)o1. The maximum atomic E-state index is 13.4. The van der Waals surface area contributed by atoms with Gasteiger partial charge in [0, 0.05) is 37.0 Å². The number of allylic oxidation sites excluding steroid dienone is 2. The van der Waals surface area contributed by atoms with Crippen molar-refractivity contribution in [3.05, 3.63) is 66.9 Å². The number of carbonyl (C=O) groups excluding carboxylic acids is 1. The molecule has 2 heterocycles. The van der Waals surface area contributed by atoms with Gasteiger partial charge in [0.2, 0.25) is 0 Å². The predicted molar refractivity (Wildman–Crippen MR) is 104 cm³/mol. The molecule has 1 fully saturated rings. The fourth-order valence-corrected chi connectivity index (χ4v) is 2.85. The first-order valence-corrected chi connectivity index (χ1v) is 9.04. The number of anilines is 2. The number of ether oxygens (including phenoxy) is 1. The van der Waals surface area contributed by atoms with Gasteiger partial charge in [-0.2, -0.15) is 0 Å². The second kappa shape index (κ2) is 9.07. The summed E-state index contributed by atoms with van der Waals surface area (Å²) in [5.41, 5.74) is 1.83. The molecule has 3 rings (SSSR count).